The standard InChI is InChI=1S/C10H16BrNOS/c1-4-8(13-3)9(12-2)10-7(11)5-6-14-10/h5-6,8-9,12H,4H2,1-3H3. The number of hydrogen-bond acceptors (Lipinski definition) is 3. The van der Waals surface area contributed by atoms with E-state index in [1.165, 1.54) is 4.88 Å². The molecule has 0 aromatic carbocycles. The Morgan fingerprint density at radius 3 is 2.71 bits per heavy atom. The van der Waals surface area contributed by atoms with Crippen molar-refractivity contribution in [2.45, 2.75) is 25.5 Å². The second kappa shape index (κ2) is 5.85. The van der Waals surface area contributed by atoms with Crippen molar-refractivity contribution in [3.8, 4) is 0 Å². The Balaban J connectivity index is 2.86. The van der Waals surface area contributed by atoms with Gasteiger partial charge in [-0.3, -0.25) is 0 Å². The molecule has 80 valence electrons. The predicted octanol–water partition coefficient (Wildman–Crippen LogP) is 3.20. The van der Waals surface area contributed by atoms with Crippen LogP contribution in [0.15, 0.2) is 15.9 Å². The van der Waals surface area contributed by atoms with Crippen LogP contribution in [0, 0.1) is 0 Å². The van der Waals surface area contributed by atoms with E-state index in [2.05, 4.69) is 39.6 Å². The van der Waals surface area contributed by atoms with Crippen molar-refractivity contribution in [2.75, 3.05) is 14.2 Å². The molecule has 1 heterocycles. The van der Waals surface area contributed by atoms with Crippen LogP contribution in [0.2, 0.25) is 0 Å². The van der Waals surface area contributed by atoms with Gasteiger partial charge >= 0.3 is 0 Å². The van der Waals surface area contributed by atoms with Gasteiger partial charge < -0.3 is 10.1 Å². The molecule has 0 fully saturated rings. The Morgan fingerprint density at radius 1 is 1.64 bits per heavy atom. The second-order valence-electron chi connectivity index (χ2n) is 3.08. The lowest BCUT2D eigenvalue weighted by atomic mass is 10.1. The lowest BCUT2D eigenvalue weighted by Crippen LogP contribution is -2.30. The van der Waals surface area contributed by atoms with Gasteiger partial charge in [0.05, 0.1) is 12.1 Å². The quantitative estimate of drug-likeness (QED) is 0.893. The first-order valence-electron chi connectivity index (χ1n) is 4.67. The Labute approximate surface area is 97.8 Å². The van der Waals surface area contributed by atoms with Gasteiger partial charge in [-0.2, -0.15) is 0 Å². The SMILES string of the molecule is CCC(OC)C(NC)c1sccc1Br. The van der Waals surface area contributed by atoms with Crippen LogP contribution in [0.3, 0.4) is 0 Å². The van der Waals surface area contributed by atoms with E-state index in [1.807, 2.05) is 7.05 Å². The molecule has 0 aliphatic carbocycles. The van der Waals surface area contributed by atoms with E-state index in [1.54, 1.807) is 18.4 Å². The van der Waals surface area contributed by atoms with Gasteiger partial charge in [0.25, 0.3) is 0 Å². The predicted molar refractivity (Wildman–Crippen MR) is 64.9 cm³/mol. The van der Waals surface area contributed by atoms with E-state index in [-0.39, 0.29) is 12.1 Å². The van der Waals surface area contributed by atoms with Gasteiger partial charge in [-0.1, -0.05) is 6.92 Å². The van der Waals surface area contributed by atoms with Gasteiger partial charge in [0.1, 0.15) is 0 Å². The monoisotopic (exact) mass is 277 g/mol. The number of thiophene rings is 1. The maximum absolute atomic E-state index is 5.45. The number of halogens is 1. The fraction of sp³-hybridized carbons (Fsp3) is 0.600. The van der Waals surface area contributed by atoms with Crippen molar-refractivity contribution in [3.63, 3.8) is 0 Å². The lowest BCUT2D eigenvalue weighted by molar-refractivity contribution is 0.0684. The zero-order chi connectivity index (χ0) is 10.6. The highest BCUT2D eigenvalue weighted by molar-refractivity contribution is 9.10. The summed E-state index contributed by atoms with van der Waals surface area (Å²) in [5, 5.41) is 5.39. The number of ether oxygens (including phenoxy) is 1. The van der Waals surface area contributed by atoms with Gasteiger partial charge in [-0.25, -0.2) is 0 Å². The molecule has 0 amide bonds. The van der Waals surface area contributed by atoms with E-state index < -0.39 is 0 Å². The van der Waals surface area contributed by atoms with Crippen molar-refractivity contribution >= 4 is 27.3 Å². The molecule has 4 heteroatoms. The molecule has 0 aliphatic heterocycles. The van der Waals surface area contributed by atoms with Crippen LogP contribution in [0.25, 0.3) is 0 Å². The minimum Gasteiger partial charge on any atom is -0.379 e. The van der Waals surface area contributed by atoms with Crippen LogP contribution < -0.4 is 5.32 Å². The fourth-order valence-corrected chi connectivity index (χ4v) is 3.33. The molecule has 2 unspecified atom stereocenters. The van der Waals surface area contributed by atoms with Gasteiger partial charge in [-0.15, -0.1) is 11.3 Å². The first-order chi connectivity index (χ1) is 6.74. The fourth-order valence-electron chi connectivity index (χ4n) is 1.55. The average molecular weight is 278 g/mol. The smallest absolute Gasteiger partial charge is 0.0771 e. The molecule has 1 aromatic rings. The minimum absolute atomic E-state index is 0.231. The van der Waals surface area contributed by atoms with Crippen molar-refractivity contribution < 1.29 is 4.74 Å². The summed E-state index contributed by atoms with van der Waals surface area (Å²) >= 11 is 5.30. The third-order valence-electron chi connectivity index (χ3n) is 2.32. The van der Waals surface area contributed by atoms with Crippen molar-refractivity contribution in [3.05, 3.63) is 20.8 Å². The summed E-state index contributed by atoms with van der Waals surface area (Å²) < 4.78 is 6.62. The zero-order valence-electron chi connectivity index (χ0n) is 8.71. The van der Waals surface area contributed by atoms with E-state index >= 15 is 0 Å². The third kappa shape index (κ3) is 2.57. The Bertz CT molecular complexity index is 273. The van der Waals surface area contributed by atoms with Gasteiger partial charge in [0, 0.05) is 16.5 Å². The van der Waals surface area contributed by atoms with E-state index in [9.17, 15) is 0 Å². The van der Waals surface area contributed by atoms with Crippen LogP contribution in [0.5, 0.6) is 0 Å². The number of rotatable bonds is 5. The molecule has 0 bridgehead atoms. The van der Waals surface area contributed by atoms with Crippen molar-refractivity contribution in [1.29, 1.82) is 0 Å². The molecule has 0 radical (unpaired) electrons. The average Bonchev–Trinajstić information content (AvgIpc) is 2.61. The molecule has 0 spiro atoms. The molecule has 1 rings (SSSR count). The van der Waals surface area contributed by atoms with E-state index in [0.29, 0.717) is 0 Å². The van der Waals surface area contributed by atoms with Gasteiger partial charge in [-0.05, 0) is 40.8 Å². The Morgan fingerprint density at radius 2 is 2.36 bits per heavy atom. The van der Waals surface area contributed by atoms with Crippen LogP contribution in [0.4, 0.5) is 0 Å². The maximum atomic E-state index is 5.45. The highest BCUT2D eigenvalue weighted by atomic mass is 79.9. The van der Waals surface area contributed by atoms with Crippen LogP contribution in [-0.4, -0.2) is 20.3 Å². The summed E-state index contributed by atoms with van der Waals surface area (Å²) in [6.07, 6.45) is 1.24. The van der Waals surface area contributed by atoms with E-state index in [4.69, 9.17) is 4.74 Å². The minimum atomic E-state index is 0.231. The third-order valence-corrected chi connectivity index (χ3v) is 4.27. The molecule has 1 aromatic heterocycles. The number of hydrogen-bond donors (Lipinski definition) is 1. The molecular weight excluding hydrogens is 262 g/mol. The Hall–Kier alpha value is 0.100. The molecular formula is C10H16BrNOS. The molecule has 0 aliphatic rings. The first kappa shape index (κ1) is 12.2. The van der Waals surface area contributed by atoms with Gasteiger partial charge in [0.15, 0.2) is 0 Å². The molecule has 2 atom stereocenters. The number of likely N-dealkylation sites (N-methyl/N-ethyl adjacent to an activating group) is 1. The molecule has 1 N–H and O–H groups in total. The second-order valence-corrected chi connectivity index (χ2v) is 4.88. The molecule has 0 saturated heterocycles. The van der Waals surface area contributed by atoms with Gasteiger partial charge in [0.2, 0.25) is 0 Å². The topological polar surface area (TPSA) is 21.3 Å². The number of nitrogens with one attached hydrogen (secondary N) is 1. The van der Waals surface area contributed by atoms with Crippen molar-refractivity contribution in [1.82, 2.24) is 5.32 Å². The lowest BCUT2D eigenvalue weighted by Gasteiger charge is -2.24. The summed E-state index contributed by atoms with van der Waals surface area (Å²) in [4.78, 5) is 1.31. The summed E-state index contributed by atoms with van der Waals surface area (Å²) in [7, 11) is 3.73. The summed E-state index contributed by atoms with van der Waals surface area (Å²) in [5.41, 5.74) is 0. The summed E-state index contributed by atoms with van der Waals surface area (Å²) in [6.45, 7) is 2.14. The molecule has 14 heavy (non-hydrogen) atoms. The highest BCUT2D eigenvalue weighted by Crippen LogP contribution is 2.32. The largest absolute Gasteiger partial charge is 0.379 e. The summed E-state index contributed by atoms with van der Waals surface area (Å²) in [6, 6.07) is 2.35. The molecule has 0 saturated carbocycles. The Kier molecular flexibility index (Phi) is 5.09. The highest BCUT2D eigenvalue weighted by Gasteiger charge is 2.22. The first-order valence-corrected chi connectivity index (χ1v) is 6.34. The molecule has 2 nitrogen and oxygen atoms in total. The van der Waals surface area contributed by atoms with Crippen LogP contribution in [0.1, 0.15) is 24.3 Å². The maximum Gasteiger partial charge on any atom is 0.0771 e. The van der Waals surface area contributed by atoms with E-state index in [0.717, 1.165) is 10.9 Å². The zero-order valence-corrected chi connectivity index (χ0v) is 11.1. The van der Waals surface area contributed by atoms with Crippen LogP contribution >= 0.6 is 27.3 Å². The number of methoxy groups -OCH3 is 1. The van der Waals surface area contributed by atoms with Crippen LogP contribution in [-0.2, 0) is 4.74 Å². The summed E-state index contributed by atoms with van der Waals surface area (Å²) in [5.74, 6) is 0. The van der Waals surface area contributed by atoms with Crippen molar-refractivity contribution in [2.24, 2.45) is 0 Å². The normalized spacial score (nSPS) is 15.4.